The third-order valence-corrected chi connectivity index (χ3v) is 9.86. The normalized spacial score (nSPS) is 16.7. The van der Waals surface area contributed by atoms with Gasteiger partial charge in [-0.3, -0.25) is 4.98 Å². The lowest BCUT2D eigenvalue weighted by Crippen LogP contribution is -2.31. The number of nitrogens with zero attached hydrogens (tertiary/aromatic N) is 4. The molecule has 3 aromatic carbocycles. The molecule has 3 heterocycles. The summed E-state index contributed by atoms with van der Waals surface area (Å²) in [7, 11) is 6.50. The van der Waals surface area contributed by atoms with E-state index in [4.69, 9.17) is 4.98 Å². The Kier molecular flexibility index (Phi) is 9.32. The van der Waals surface area contributed by atoms with Gasteiger partial charge in [0.25, 0.3) is 0 Å². The van der Waals surface area contributed by atoms with Crippen LogP contribution >= 0.6 is 11.8 Å². The molecule has 7 rings (SSSR count). The molecule has 1 aliphatic carbocycles. The maximum Gasteiger partial charge on any atom is 0.0739 e. The Balaban J connectivity index is 0.000000153. The fourth-order valence-electron chi connectivity index (χ4n) is 6.71. The van der Waals surface area contributed by atoms with Crippen molar-refractivity contribution >= 4 is 28.7 Å². The van der Waals surface area contributed by atoms with Gasteiger partial charge in [0.2, 0.25) is 0 Å². The van der Waals surface area contributed by atoms with Crippen LogP contribution in [0.1, 0.15) is 42.1 Å². The van der Waals surface area contributed by atoms with E-state index in [1.807, 2.05) is 18.0 Å². The summed E-state index contributed by atoms with van der Waals surface area (Å²) >= 11 is 1.88. The highest BCUT2D eigenvalue weighted by Crippen LogP contribution is 2.48. The van der Waals surface area contributed by atoms with Crippen LogP contribution in [-0.4, -0.2) is 62.1 Å². The van der Waals surface area contributed by atoms with Crippen LogP contribution in [0.2, 0.25) is 0 Å². The van der Waals surface area contributed by atoms with E-state index in [0.29, 0.717) is 5.92 Å². The monoisotopic (exact) mass is 588 g/mol. The minimum absolute atomic E-state index is 0.615. The molecule has 1 atom stereocenters. The predicted octanol–water partition coefficient (Wildman–Crippen LogP) is 8.19. The summed E-state index contributed by atoms with van der Waals surface area (Å²) in [4.78, 5) is 14.7. The maximum atomic E-state index is 4.78. The quantitative estimate of drug-likeness (QED) is 0.239. The van der Waals surface area contributed by atoms with E-state index in [1.165, 1.54) is 49.1 Å². The fraction of sp³-hybridized carbons (Fsp3) is 0.342. The Morgan fingerprint density at radius 2 is 1.37 bits per heavy atom. The Morgan fingerprint density at radius 3 is 2.07 bits per heavy atom. The van der Waals surface area contributed by atoms with Crippen molar-refractivity contribution in [3.05, 3.63) is 119 Å². The Hall–Kier alpha value is -3.38. The van der Waals surface area contributed by atoms with Crippen LogP contribution in [0.3, 0.4) is 0 Å². The van der Waals surface area contributed by atoms with Gasteiger partial charge in [0.15, 0.2) is 0 Å². The molecule has 0 spiro atoms. The third-order valence-electron chi connectivity index (χ3n) is 8.73. The van der Waals surface area contributed by atoms with E-state index < -0.39 is 0 Å². The molecule has 222 valence electrons. The summed E-state index contributed by atoms with van der Waals surface area (Å²) in [6, 6.07) is 30.7. The van der Waals surface area contributed by atoms with Crippen molar-refractivity contribution in [1.82, 2.24) is 14.8 Å². The second-order valence-corrected chi connectivity index (χ2v) is 13.5. The zero-order valence-corrected chi connectivity index (χ0v) is 26.9. The predicted molar refractivity (Wildman–Crippen MR) is 183 cm³/mol. The van der Waals surface area contributed by atoms with Gasteiger partial charge in [-0.25, -0.2) is 0 Å². The Morgan fingerprint density at radius 1 is 0.767 bits per heavy atom. The van der Waals surface area contributed by atoms with Gasteiger partial charge in [0.05, 0.1) is 17.1 Å². The SMILES string of the molecule is CC(CN(C)C)CN1c2ccccc2Sc2ccccc21.CN1CCC(=C2c3ccccc3CCc3cccnc32)CC1. The molecular weight excluding hydrogens is 545 g/mol. The van der Waals surface area contributed by atoms with Gasteiger partial charge in [-0.15, -0.1) is 0 Å². The molecule has 4 nitrogen and oxygen atoms in total. The number of piperidine rings is 1. The number of pyridine rings is 1. The number of fused-ring (bicyclic) bond motifs is 4. The lowest BCUT2D eigenvalue weighted by atomic mass is 9.89. The lowest BCUT2D eigenvalue weighted by Gasteiger charge is -2.35. The number of hydrogen-bond donors (Lipinski definition) is 0. The number of rotatable bonds is 4. The second-order valence-electron chi connectivity index (χ2n) is 12.5. The summed E-state index contributed by atoms with van der Waals surface area (Å²) in [5.41, 5.74) is 11.2. The molecule has 4 aromatic rings. The van der Waals surface area contributed by atoms with E-state index in [1.54, 1.807) is 5.57 Å². The summed E-state index contributed by atoms with van der Waals surface area (Å²) < 4.78 is 0. The minimum Gasteiger partial charge on any atom is -0.339 e. The first-order valence-corrected chi connectivity index (χ1v) is 16.5. The highest BCUT2D eigenvalue weighted by Gasteiger charge is 2.25. The van der Waals surface area contributed by atoms with Crippen LogP contribution in [-0.2, 0) is 12.8 Å². The van der Waals surface area contributed by atoms with Crippen LogP contribution in [0.15, 0.2) is 106 Å². The largest absolute Gasteiger partial charge is 0.339 e. The summed E-state index contributed by atoms with van der Waals surface area (Å²) in [6.07, 6.45) is 6.48. The standard InChI is InChI=1S/C20H22N2.C18H22N2S/c1-22-13-10-16(11-14-22)19-18-7-3-2-5-15(18)8-9-17-6-4-12-21-20(17)19;1-14(12-19(2)3)13-20-15-8-4-6-10-17(15)21-18-11-7-5-9-16(18)20/h2-7,12H,8-11,13-14H2,1H3;4-11,14H,12-13H2,1-3H3. The number of likely N-dealkylation sites (tertiary alicyclic amines) is 1. The number of hydrogen-bond acceptors (Lipinski definition) is 5. The molecule has 3 aliphatic rings. The second kappa shape index (κ2) is 13.5. The first-order chi connectivity index (χ1) is 21.0. The highest BCUT2D eigenvalue weighted by molar-refractivity contribution is 7.99. The molecule has 1 unspecified atom stereocenters. The molecule has 1 aromatic heterocycles. The van der Waals surface area contributed by atoms with Gasteiger partial charge < -0.3 is 14.7 Å². The van der Waals surface area contributed by atoms with Crippen molar-refractivity contribution in [3.63, 3.8) is 0 Å². The molecule has 0 bridgehead atoms. The van der Waals surface area contributed by atoms with Crippen molar-refractivity contribution in [2.24, 2.45) is 5.92 Å². The molecule has 43 heavy (non-hydrogen) atoms. The first-order valence-electron chi connectivity index (χ1n) is 15.7. The van der Waals surface area contributed by atoms with Gasteiger partial charge in [-0.1, -0.05) is 78.9 Å². The molecule has 1 fully saturated rings. The van der Waals surface area contributed by atoms with Crippen LogP contribution in [0.4, 0.5) is 11.4 Å². The number of benzene rings is 3. The Bertz CT molecular complexity index is 1490. The summed E-state index contributed by atoms with van der Waals surface area (Å²) in [5.74, 6) is 0.615. The average Bonchev–Trinajstić information content (AvgIpc) is 3.18. The zero-order valence-electron chi connectivity index (χ0n) is 26.1. The number of para-hydroxylation sites is 2. The van der Waals surface area contributed by atoms with Gasteiger partial charge in [0.1, 0.15) is 0 Å². The number of aromatic nitrogens is 1. The van der Waals surface area contributed by atoms with E-state index >= 15 is 0 Å². The van der Waals surface area contributed by atoms with Gasteiger partial charge in [-0.2, -0.15) is 0 Å². The fourth-order valence-corrected chi connectivity index (χ4v) is 7.81. The number of anilines is 2. The van der Waals surface area contributed by atoms with E-state index in [-0.39, 0.29) is 0 Å². The van der Waals surface area contributed by atoms with Gasteiger partial charge in [0, 0.05) is 47.7 Å². The molecule has 2 aliphatic heterocycles. The van der Waals surface area contributed by atoms with Crippen LogP contribution in [0.25, 0.3) is 5.57 Å². The van der Waals surface area contributed by atoms with E-state index in [2.05, 4.69) is 128 Å². The van der Waals surface area contributed by atoms with Crippen molar-refractivity contribution < 1.29 is 0 Å². The van der Waals surface area contributed by atoms with Crippen LogP contribution in [0.5, 0.6) is 0 Å². The van der Waals surface area contributed by atoms with Crippen molar-refractivity contribution in [3.8, 4) is 0 Å². The Labute approximate surface area is 262 Å². The van der Waals surface area contributed by atoms with Crippen LogP contribution < -0.4 is 4.90 Å². The topological polar surface area (TPSA) is 22.6 Å². The summed E-state index contributed by atoms with van der Waals surface area (Å²) in [5, 5.41) is 0. The zero-order chi connectivity index (χ0) is 29.8. The van der Waals surface area contributed by atoms with Crippen LogP contribution in [0, 0.1) is 5.92 Å². The minimum atomic E-state index is 0.615. The molecular formula is C38H44N4S. The molecule has 0 saturated carbocycles. The maximum absolute atomic E-state index is 4.78. The molecule has 0 amide bonds. The van der Waals surface area contributed by atoms with Crippen molar-refractivity contribution in [2.45, 2.75) is 42.4 Å². The molecule has 0 radical (unpaired) electrons. The number of aryl methyl sites for hydroxylation is 2. The summed E-state index contributed by atoms with van der Waals surface area (Å²) in [6.45, 7) is 6.79. The third kappa shape index (κ3) is 6.75. The van der Waals surface area contributed by atoms with Crippen molar-refractivity contribution in [2.75, 3.05) is 52.2 Å². The average molecular weight is 589 g/mol. The van der Waals surface area contributed by atoms with E-state index in [9.17, 15) is 0 Å². The van der Waals surface area contributed by atoms with Gasteiger partial charge >= 0.3 is 0 Å². The molecule has 5 heteroatoms. The van der Waals surface area contributed by atoms with Crippen molar-refractivity contribution in [1.29, 1.82) is 0 Å². The highest BCUT2D eigenvalue weighted by atomic mass is 32.2. The molecule has 1 saturated heterocycles. The smallest absolute Gasteiger partial charge is 0.0739 e. The van der Waals surface area contributed by atoms with Gasteiger partial charge in [-0.05, 0) is 99.8 Å². The first kappa shape index (κ1) is 29.7. The van der Waals surface area contributed by atoms with E-state index in [0.717, 1.165) is 51.9 Å². The lowest BCUT2D eigenvalue weighted by molar-refractivity contribution is 0.313. The molecule has 0 N–H and O–H groups in total.